The number of nitrogens with one attached hydrogen (secondary N) is 2. The first-order valence-corrected chi connectivity index (χ1v) is 8.12. The summed E-state index contributed by atoms with van der Waals surface area (Å²) < 4.78 is 0. The van der Waals surface area contributed by atoms with E-state index >= 15 is 0 Å². The molecule has 2 amide bonds. The minimum absolute atomic E-state index is 0.0474. The van der Waals surface area contributed by atoms with Crippen LogP contribution in [0, 0.1) is 0 Å². The number of aliphatic hydroxyl groups excluding tert-OH is 1. The van der Waals surface area contributed by atoms with E-state index < -0.39 is 0 Å². The molecule has 0 saturated heterocycles. The molecule has 1 aromatic rings. The Kier molecular flexibility index (Phi) is 5.05. The van der Waals surface area contributed by atoms with Crippen molar-refractivity contribution in [3.8, 4) is 0 Å². The molecule has 0 spiro atoms. The topological polar surface area (TPSA) is 61.4 Å². The van der Waals surface area contributed by atoms with Crippen LogP contribution in [0.15, 0.2) is 17.5 Å². The molecule has 112 valence electrons. The van der Waals surface area contributed by atoms with Gasteiger partial charge in [-0.1, -0.05) is 19.9 Å². The minimum atomic E-state index is -0.186. The van der Waals surface area contributed by atoms with Gasteiger partial charge in [0.15, 0.2) is 0 Å². The number of carbonyl (C=O) groups is 1. The molecule has 4 nitrogen and oxygen atoms in total. The second-order valence-electron chi connectivity index (χ2n) is 6.19. The van der Waals surface area contributed by atoms with Crippen molar-refractivity contribution in [3.63, 3.8) is 0 Å². The average Bonchev–Trinajstić information content (AvgIpc) is 2.94. The monoisotopic (exact) mass is 296 g/mol. The van der Waals surface area contributed by atoms with E-state index in [2.05, 4.69) is 35.9 Å². The molecule has 0 bridgehead atoms. The van der Waals surface area contributed by atoms with Crippen LogP contribution in [0.1, 0.15) is 44.4 Å². The van der Waals surface area contributed by atoms with Crippen LogP contribution in [0.2, 0.25) is 0 Å². The van der Waals surface area contributed by atoms with Crippen molar-refractivity contribution >= 4 is 17.4 Å². The lowest BCUT2D eigenvalue weighted by Crippen LogP contribution is -2.47. The van der Waals surface area contributed by atoms with Crippen LogP contribution in [-0.2, 0) is 5.41 Å². The first-order valence-electron chi connectivity index (χ1n) is 7.24. The van der Waals surface area contributed by atoms with E-state index in [1.165, 1.54) is 4.88 Å². The van der Waals surface area contributed by atoms with Gasteiger partial charge in [-0.15, -0.1) is 11.3 Å². The van der Waals surface area contributed by atoms with Gasteiger partial charge in [-0.25, -0.2) is 4.79 Å². The highest BCUT2D eigenvalue weighted by atomic mass is 32.1. The van der Waals surface area contributed by atoms with Gasteiger partial charge in [0, 0.05) is 22.9 Å². The van der Waals surface area contributed by atoms with Gasteiger partial charge in [0.05, 0.1) is 6.10 Å². The van der Waals surface area contributed by atoms with Crippen LogP contribution >= 0.6 is 11.3 Å². The first kappa shape index (κ1) is 15.3. The zero-order valence-electron chi connectivity index (χ0n) is 12.2. The highest BCUT2D eigenvalue weighted by Crippen LogP contribution is 2.26. The van der Waals surface area contributed by atoms with Gasteiger partial charge >= 0.3 is 6.03 Å². The molecule has 1 aromatic heterocycles. The fraction of sp³-hybridized carbons (Fsp3) is 0.667. The molecule has 2 rings (SSSR count). The summed E-state index contributed by atoms with van der Waals surface area (Å²) >= 11 is 1.72. The Balaban J connectivity index is 1.75. The number of thiophene rings is 1. The van der Waals surface area contributed by atoms with Crippen LogP contribution in [0.4, 0.5) is 4.79 Å². The molecule has 0 unspecified atom stereocenters. The molecule has 0 radical (unpaired) electrons. The van der Waals surface area contributed by atoms with Crippen LogP contribution < -0.4 is 10.6 Å². The molecule has 5 heteroatoms. The highest BCUT2D eigenvalue weighted by molar-refractivity contribution is 7.10. The maximum atomic E-state index is 11.9. The van der Waals surface area contributed by atoms with Crippen molar-refractivity contribution in [3.05, 3.63) is 22.4 Å². The lowest BCUT2D eigenvalue weighted by molar-refractivity contribution is 0.117. The molecule has 0 aliphatic heterocycles. The Bertz CT molecular complexity index is 423. The summed E-state index contributed by atoms with van der Waals surface area (Å²) in [6.45, 7) is 4.89. The predicted octanol–water partition coefficient (Wildman–Crippen LogP) is 2.63. The number of amides is 2. The summed E-state index contributed by atoms with van der Waals surface area (Å²) in [6, 6.07) is 4.24. The van der Waals surface area contributed by atoms with E-state index in [0.29, 0.717) is 6.54 Å². The van der Waals surface area contributed by atoms with E-state index in [1.54, 1.807) is 11.3 Å². The van der Waals surface area contributed by atoms with Crippen LogP contribution in [0.3, 0.4) is 0 Å². The summed E-state index contributed by atoms with van der Waals surface area (Å²) in [5.74, 6) is 0. The third-order valence-corrected chi connectivity index (χ3v) is 5.15. The second kappa shape index (κ2) is 6.59. The molecule has 0 aromatic carbocycles. The Morgan fingerprint density at radius 2 is 2.10 bits per heavy atom. The molecule has 0 atom stereocenters. The smallest absolute Gasteiger partial charge is 0.315 e. The highest BCUT2D eigenvalue weighted by Gasteiger charge is 2.24. The van der Waals surface area contributed by atoms with Crippen molar-refractivity contribution in [2.75, 3.05) is 6.54 Å². The number of carbonyl (C=O) groups excluding carboxylic acids is 1. The van der Waals surface area contributed by atoms with Gasteiger partial charge in [0.2, 0.25) is 0 Å². The molecule has 1 aliphatic rings. The van der Waals surface area contributed by atoms with Crippen molar-refractivity contribution < 1.29 is 9.90 Å². The predicted molar refractivity (Wildman–Crippen MR) is 82.1 cm³/mol. The fourth-order valence-electron chi connectivity index (χ4n) is 2.51. The van der Waals surface area contributed by atoms with Crippen LogP contribution in [0.5, 0.6) is 0 Å². The number of hydrogen-bond donors (Lipinski definition) is 3. The first-order chi connectivity index (χ1) is 9.47. The molecule has 1 saturated carbocycles. The second-order valence-corrected chi connectivity index (χ2v) is 7.14. The fourth-order valence-corrected chi connectivity index (χ4v) is 3.36. The summed E-state index contributed by atoms with van der Waals surface area (Å²) in [7, 11) is 0. The van der Waals surface area contributed by atoms with E-state index in [9.17, 15) is 9.90 Å². The Morgan fingerprint density at radius 3 is 2.70 bits per heavy atom. The number of urea groups is 1. The third-order valence-electron chi connectivity index (χ3n) is 3.91. The number of rotatable bonds is 4. The normalized spacial score (nSPS) is 23.4. The molecule has 3 N–H and O–H groups in total. The van der Waals surface area contributed by atoms with Crippen molar-refractivity contribution in [2.24, 2.45) is 0 Å². The largest absolute Gasteiger partial charge is 0.393 e. The Hall–Kier alpha value is -1.07. The quantitative estimate of drug-likeness (QED) is 0.800. The lowest BCUT2D eigenvalue weighted by atomic mass is 9.91. The Morgan fingerprint density at radius 1 is 1.40 bits per heavy atom. The van der Waals surface area contributed by atoms with Crippen molar-refractivity contribution in [1.82, 2.24) is 10.6 Å². The average molecular weight is 296 g/mol. The standard InChI is InChI=1S/C15H24N2O2S/c1-15(2,13-4-3-9-20-13)10-16-14(19)17-11-5-7-12(18)8-6-11/h3-4,9,11-12,18H,5-8,10H2,1-2H3,(H2,16,17,19). The van der Waals surface area contributed by atoms with Crippen LogP contribution in [-0.4, -0.2) is 29.8 Å². The van der Waals surface area contributed by atoms with Gasteiger partial charge in [-0.2, -0.15) is 0 Å². The van der Waals surface area contributed by atoms with Gasteiger partial charge < -0.3 is 15.7 Å². The zero-order chi connectivity index (χ0) is 14.6. The zero-order valence-corrected chi connectivity index (χ0v) is 13.0. The summed E-state index contributed by atoms with van der Waals surface area (Å²) in [5, 5.41) is 17.5. The van der Waals surface area contributed by atoms with Crippen molar-refractivity contribution in [1.29, 1.82) is 0 Å². The van der Waals surface area contributed by atoms with E-state index in [4.69, 9.17) is 0 Å². The van der Waals surface area contributed by atoms with E-state index in [-0.39, 0.29) is 23.6 Å². The molecular weight excluding hydrogens is 272 g/mol. The van der Waals surface area contributed by atoms with Gasteiger partial charge in [-0.05, 0) is 37.1 Å². The summed E-state index contributed by atoms with van der Waals surface area (Å²) in [5.41, 5.74) is -0.0474. The maximum absolute atomic E-state index is 11.9. The molecule has 1 fully saturated rings. The van der Waals surface area contributed by atoms with E-state index in [1.807, 2.05) is 6.07 Å². The molecule has 1 aliphatic carbocycles. The van der Waals surface area contributed by atoms with Gasteiger partial charge in [0.25, 0.3) is 0 Å². The van der Waals surface area contributed by atoms with Gasteiger partial charge in [0.1, 0.15) is 0 Å². The van der Waals surface area contributed by atoms with Gasteiger partial charge in [-0.3, -0.25) is 0 Å². The lowest BCUT2D eigenvalue weighted by Gasteiger charge is -2.28. The number of aliphatic hydroxyl groups is 1. The molecule has 20 heavy (non-hydrogen) atoms. The maximum Gasteiger partial charge on any atom is 0.315 e. The van der Waals surface area contributed by atoms with E-state index in [0.717, 1.165) is 25.7 Å². The number of hydrogen-bond acceptors (Lipinski definition) is 3. The SMILES string of the molecule is CC(C)(CNC(=O)NC1CCC(O)CC1)c1cccs1. The van der Waals surface area contributed by atoms with Crippen LogP contribution in [0.25, 0.3) is 0 Å². The minimum Gasteiger partial charge on any atom is -0.393 e. The Labute approximate surface area is 124 Å². The summed E-state index contributed by atoms with van der Waals surface area (Å²) in [6.07, 6.45) is 3.11. The van der Waals surface area contributed by atoms with Crippen molar-refractivity contribution in [2.45, 2.75) is 57.1 Å². The third kappa shape index (κ3) is 4.21. The molecule has 1 heterocycles. The summed E-state index contributed by atoms with van der Waals surface area (Å²) in [4.78, 5) is 13.2. The molecular formula is C15H24N2O2S.